The van der Waals surface area contributed by atoms with Crippen LogP contribution in [0.4, 0.5) is 0 Å². The zero-order chi connectivity index (χ0) is 13.1. The maximum Gasteiger partial charge on any atom is 0.0824 e. The van der Waals surface area contributed by atoms with Gasteiger partial charge in [-0.3, -0.25) is 4.90 Å². The summed E-state index contributed by atoms with van der Waals surface area (Å²) >= 11 is 12.3. The summed E-state index contributed by atoms with van der Waals surface area (Å²) in [4.78, 5) is 2.33. The standard InChI is InChI=1S/C13H18Cl2N2O/c1-9(12-6-10(14)2-3-13(12)15)17-4-5-18-11(7-16)8-17/h2-3,6,9,11H,4-5,7-8,16H2,1H3. The van der Waals surface area contributed by atoms with E-state index in [0.717, 1.165) is 23.7 Å². The number of nitrogens with two attached hydrogens (primary N) is 1. The van der Waals surface area contributed by atoms with Crippen molar-refractivity contribution in [2.45, 2.75) is 19.1 Å². The minimum atomic E-state index is 0.110. The van der Waals surface area contributed by atoms with E-state index in [0.29, 0.717) is 18.2 Å². The lowest BCUT2D eigenvalue weighted by molar-refractivity contribution is -0.0364. The van der Waals surface area contributed by atoms with Gasteiger partial charge >= 0.3 is 0 Å². The predicted molar refractivity (Wildman–Crippen MR) is 75.2 cm³/mol. The molecule has 1 aromatic rings. The first kappa shape index (κ1) is 14.1. The summed E-state index contributed by atoms with van der Waals surface area (Å²) in [6, 6.07) is 5.80. The molecule has 0 bridgehead atoms. The van der Waals surface area contributed by atoms with Crippen LogP contribution < -0.4 is 5.73 Å². The third-order valence-electron chi connectivity index (χ3n) is 3.39. The smallest absolute Gasteiger partial charge is 0.0824 e. The van der Waals surface area contributed by atoms with Crippen molar-refractivity contribution in [3.8, 4) is 0 Å². The Labute approximate surface area is 118 Å². The Balaban J connectivity index is 2.14. The van der Waals surface area contributed by atoms with Gasteiger partial charge in [0.1, 0.15) is 0 Å². The molecule has 0 saturated carbocycles. The molecule has 2 atom stereocenters. The molecular formula is C13H18Cl2N2O. The summed E-state index contributed by atoms with van der Waals surface area (Å²) < 4.78 is 5.57. The van der Waals surface area contributed by atoms with E-state index in [4.69, 9.17) is 33.7 Å². The van der Waals surface area contributed by atoms with E-state index in [1.165, 1.54) is 0 Å². The number of benzene rings is 1. The van der Waals surface area contributed by atoms with E-state index in [9.17, 15) is 0 Å². The second-order valence-corrected chi connectivity index (χ2v) is 5.41. The first-order valence-corrected chi connectivity index (χ1v) is 6.88. The lowest BCUT2D eigenvalue weighted by Gasteiger charge is -2.37. The SMILES string of the molecule is CC(c1cc(Cl)ccc1Cl)N1CCOC(CN)C1. The first-order chi connectivity index (χ1) is 8.61. The molecular weight excluding hydrogens is 271 g/mol. The average Bonchev–Trinajstić information content (AvgIpc) is 2.41. The van der Waals surface area contributed by atoms with Gasteiger partial charge in [-0.15, -0.1) is 0 Å². The third kappa shape index (κ3) is 3.16. The van der Waals surface area contributed by atoms with Crippen molar-refractivity contribution in [3.63, 3.8) is 0 Å². The minimum absolute atomic E-state index is 0.110. The van der Waals surface area contributed by atoms with Crippen molar-refractivity contribution >= 4 is 23.2 Å². The number of halogens is 2. The largest absolute Gasteiger partial charge is 0.374 e. The van der Waals surface area contributed by atoms with Crippen LogP contribution in [0.2, 0.25) is 10.0 Å². The average molecular weight is 289 g/mol. The summed E-state index contributed by atoms with van der Waals surface area (Å²) in [6.45, 7) is 5.12. The van der Waals surface area contributed by atoms with Gasteiger partial charge in [-0.2, -0.15) is 0 Å². The van der Waals surface area contributed by atoms with Crippen LogP contribution in [-0.4, -0.2) is 37.2 Å². The van der Waals surface area contributed by atoms with Gasteiger partial charge in [-0.25, -0.2) is 0 Å². The summed E-state index contributed by atoms with van der Waals surface area (Å²) in [5.74, 6) is 0. The number of rotatable bonds is 3. The van der Waals surface area contributed by atoms with Crippen molar-refractivity contribution in [1.29, 1.82) is 0 Å². The molecule has 0 aliphatic carbocycles. The van der Waals surface area contributed by atoms with Crippen molar-refractivity contribution in [2.75, 3.05) is 26.2 Å². The third-order valence-corrected chi connectivity index (χ3v) is 3.97. The Bertz CT molecular complexity index is 414. The molecule has 1 saturated heterocycles. The molecule has 2 rings (SSSR count). The summed E-state index contributed by atoms with van der Waals surface area (Å²) in [5.41, 5.74) is 6.72. The number of ether oxygens (including phenoxy) is 1. The van der Waals surface area contributed by atoms with Gasteiger partial charge in [0.25, 0.3) is 0 Å². The Morgan fingerprint density at radius 2 is 2.28 bits per heavy atom. The molecule has 2 unspecified atom stereocenters. The molecule has 1 fully saturated rings. The van der Waals surface area contributed by atoms with Gasteiger partial charge in [0, 0.05) is 35.7 Å². The summed E-state index contributed by atoms with van der Waals surface area (Å²) in [6.07, 6.45) is 0.110. The van der Waals surface area contributed by atoms with Crippen LogP contribution in [0.3, 0.4) is 0 Å². The fraction of sp³-hybridized carbons (Fsp3) is 0.538. The van der Waals surface area contributed by atoms with E-state index in [1.54, 1.807) is 0 Å². The number of hydrogen-bond donors (Lipinski definition) is 1. The van der Waals surface area contributed by atoms with Crippen molar-refractivity contribution in [1.82, 2.24) is 4.90 Å². The van der Waals surface area contributed by atoms with Crippen LogP contribution in [0.5, 0.6) is 0 Å². The van der Waals surface area contributed by atoms with E-state index < -0.39 is 0 Å². The van der Waals surface area contributed by atoms with Crippen LogP contribution in [-0.2, 0) is 4.74 Å². The van der Waals surface area contributed by atoms with Crippen molar-refractivity contribution in [3.05, 3.63) is 33.8 Å². The topological polar surface area (TPSA) is 38.5 Å². The van der Waals surface area contributed by atoms with Gasteiger partial charge in [-0.1, -0.05) is 23.2 Å². The molecule has 1 aliphatic rings. The molecule has 0 aromatic heterocycles. The zero-order valence-electron chi connectivity index (χ0n) is 10.4. The van der Waals surface area contributed by atoms with Gasteiger partial charge in [0.05, 0.1) is 12.7 Å². The minimum Gasteiger partial charge on any atom is -0.374 e. The lowest BCUT2D eigenvalue weighted by Crippen LogP contribution is -2.46. The highest BCUT2D eigenvalue weighted by Crippen LogP contribution is 2.30. The van der Waals surface area contributed by atoms with Gasteiger partial charge < -0.3 is 10.5 Å². The number of hydrogen-bond acceptors (Lipinski definition) is 3. The Kier molecular flexibility index (Phi) is 4.87. The van der Waals surface area contributed by atoms with Gasteiger partial charge in [-0.05, 0) is 30.7 Å². The molecule has 18 heavy (non-hydrogen) atoms. The van der Waals surface area contributed by atoms with Crippen LogP contribution in [0.15, 0.2) is 18.2 Å². The van der Waals surface area contributed by atoms with E-state index in [1.807, 2.05) is 18.2 Å². The van der Waals surface area contributed by atoms with Crippen LogP contribution in [0, 0.1) is 0 Å². The molecule has 2 N–H and O–H groups in total. The molecule has 1 aliphatic heterocycles. The zero-order valence-corrected chi connectivity index (χ0v) is 11.9. The maximum absolute atomic E-state index is 6.24. The fourth-order valence-corrected chi connectivity index (χ4v) is 2.72. The molecule has 1 aromatic carbocycles. The molecule has 0 spiro atoms. The molecule has 0 radical (unpaired) electrons. The second-order valence-electron chi connectivity index (χ2n) is 4.57. The fourth-order valence-electron chi connectivity index (χ4n) is 2.27. The molecule has 0 amide bonds. The summed E-state index contributed by atoms with van der Waals surface area (Å²) in [5, 5.41) is 1.47. The van der Waals surface area contributed by atoms with E-state index in [2.05, 4.69) is 11.8 Å². The van der Waals surface area contributed by atoms with Crippen LogP contribution in [0.1, 0.15) is 18.5 Å². The molecule has 1 heterocycles. The number of nitrogens with zero attached hydrogens (tertiary/aromatic N) is 1. The van der Waals surface area contributed by atoms with Gasteiger partial charge in [0.2, 0.25) is 0 Å². The van der Waals surface area contributed by atoms with Crippen molar-refractivity contribution in [2.24, 2.45) is 5.73 Å². The van der Waals surface area contributed by atoms with E-state index >= 15 is 0 Å². The Hall–Kier alpha value is -0.320. The van der Waals surface area contributed by atoms with Crippen LogP contribution >= 0.6 is 23.2 Å². The quantitative estimate of drug-likeness (QED) is 0.930. The monoisotopic (exact) mass is 288 g/mol. The normalized spacial score (nSPS) is 23.0. The first-order valence-electron chi connectivity index (χ1n) is 6.12. The van der Waals surface area contributed by atoms with Gasteiger partial charge in [0.15, 0.2) is 0 Å². The second kappa shape index (κ2) is 6.22. The Morgan fingerprint density at radius 1 is 1.50 bits per heavy atom. The molecule has 5 heteroatoms. The molecule has 100 valence electrons. The molecule has 3 nitrogen and oxygen atoms in total. The van der Waals surface area contributed by atoms with Crippen molar-refractivity contribution < 1.29 is 4.74 Å². The summed E-state index contributed by atoms with van der Waals surface area (Å²) in [7, 11) is 0. The van der Waals surface area contributed by atoms with Crippen LogP contribution in [0.25, 0.3) is 0 Å². The highest BCUT2D eigenvalue weighted by atomic mass is 35.5. The highest BCUT2D eigenvalue weighted by Gasteiger charge is 2.25. The Morgan fingerprint density at radius 3 is 3.00 bits per heavy atom. The number of morpholine rings is 1. The maximum atomic E-state index is 6.24. The highest BCUT2D eigenvalue weighted by molar-refractivity contribution is 6.33. The lowest BCUT2D eigenvalue weighted by atomic mass is 10.1. The van der Waals surface area contributed by atoms with E-state index in [-0.39, 0.29) is 12.1 Å². The predicted octanol–water partition coefficient (Wildman–Crippen LogP) is 2.71.